The van der Waals surface area contributed by atoms with Crippen molar-refractivity contribution in [2.45, 2.75) is 31.8 Å². The van der Waals surface area contributed by atoms with Crippen LogP contribution in [0.2, 0.25) is 0 Å². The average molecular weight is 346 g/mol. The molecule has 1 fully saturated rings. The molecule has 2 rings (SSSR count). The molecule has 1 saturated heterocycles. The van der Waals surface area contributed by atoms with Crippen molar-refractivity contribution in [3.63, 3.8) is 0 Å². The normalized spacial score (nSPS) is 25.0. The first-order chi connectivity index (χ1) is 9.10. The van der Waals surface area contributed by atoms with Crippen molar-refractivity contribution in [1.29, 1.82) is 0 Å². The van der Waals surface area contributed by atoms with Gasteiger partial charge in [-0.1, -0.05) is 6.07 Å². The van der Waals surface area contributed by atoms with E-state index < -0.39 is 10.8 Å². The molecule has 0 bridgehead atoms. The molecular weight excluding hydrogens is 326 g/mol. The predicted octanol–water partition coefficient (Wildman–Crippen LogP) is 3.02. The fourth-order valence-electron chi connectivity index (χ4n) is 2.36. The highest BCUT2D eigenvalue weighted by molar-refractivity contribution is 9.10. The van der Waals surface area contributed by atoms with E-state index in [9.17, 15) is 4.21 Å². The molecule has 0 saturated carbocycles. The Morgan fingerprint density at radius 2 is 2.11 bits per heavy atom. The molecule has 0 radical (unpaired) electrons. The molecule has 0 aliphatic carbocycles. The maximum absolute atomic E-state index is 11.3. The molecule has 1 aliphatic rings. The second kappa shape index (κ2) is 6.86. The van der Waals surface area contributed by atoms with Gasteiger partial charge in [0.25, 0.3) is 0 Å². The Hall–Kier alpha value is -0.390. The lowest BCUT2D eigenvalue weighted by atomic mass is 10.1. The molecule has 1 N–H and O–H groups in total. The lowest BCUT2D eigenvalue weighted by Crippen LogP contribution is -2.37. The van der Waals surface area contributed by atoms with Gasteiger partial charge in [0.15, 0.2) is 0 Å². The molecule has 0 spiro atoms. The zero-order valence-corrected chi connectivity index (χ0v) is 13.7. The van der Waals surface area contributed by atoms with Crippen molar-refractivity contribution >= 4 is 26.7 Å². The van der Waals surface area contributed by atoms with Gasteiger partial charge in [-0.05, 0) is 53.4 Å². The number of methoxy groups -OCH3 is 1. The van der Waals surface area contributed by atoms with Crippen LogP contribution in [0.25, 0.3) is 0 Å². The van der Waals surface area contributed by atoms with Crippen molar-refractivity contribution < 1.29 is 8.95 Å². The van der Waals surface area contributed by atoms with Gasteiger partial charge in [-0.15, -0.1) is 0 Å². The van der Waals surface area contributed by atoms with Gasteiger partial charge in [0.2, 0.25) is 0 Å². The van der Waals surface area contributed by atoms with Gasteiger partial charge in [-0.25, -0.2) is 0 Å². The van der Waals surface area contributed by atoms with E-state index in [1.54, 1.807) is 7.11 Å². The van der Waals surface area contributed by atoms with Crippen molar-refractivity contribution in [3.05, 3.63) is 28.2 Å². The Labute approximate surface area is 125 Å². The summed E-state index contributed by atoms with van der Waals surface area (Å²) in [6, 6.07) is 6.93. The summed E-state index contributed by atoms with van der Waals surface area (Å²) in [4.78, 5) is 0. The summed E-state index contributed by atoms with van der Waals surface area (Å²) in [6.45, 7) is 2.17. The third-order valence-electron chi connectivity index (χ3n) is 3.55. The molecule has 106 valence electrons. The Balaban J connectivity index is 1.97. The van der Waals surface area contributed by atoms with Crippen molar-refractivity contribution in [1.82, 2.24) is 5.32 Å². The molecule has 1 aromatic rings. The quantitative estimate of drug-likeness (QED) is 0.911. The topological polar surface area (TPSA) is 38.3 Å². The third-order valence-corrected chi connectivity index (χ3v) is 5.55. The van der Waals surface area contributed by atoms with Gasteiger partial charge in [-0.3, -0.25) is 4.21 Å². The van der Waals surface area contributed by atoms with Crippen LogP contribution in [0.5, 0.6) is 5.75 Å². The van der Waals surface area contributed by atoms with E-state index in [0.29, 0.717) is 12.1 Å². The lowest BCUT2D eigenvalue weighted by Gasteiger charge is -2.26. The van der Waals surface area contributed by atoms with Gasteiger partial charge in [0.05, 0.1) is 11.6 Å². The number of hydrogen-bond donors (Lipinski definition) is 1. The summed E-state index contributed by atoms with van der Waals surface area (Å²) >= 11 is 3.52. The fourth-order valence-corrected chi connectivity index (χ4v) is 4.22. The molecule has 1 aromatic carbocycles. The monoisotopic (exact) mass is 345 g/mol. The van der Waals surface area contributed by atoms with Crippen LogP contribution in [-0.4, -0.2) is 28.9 Å². The second-order valence-electron chi connectivity index (χ2n) is 4.90. The molecule has 1 aliphatic heterocycles. The number of rotatable bonds is 4. The van der Waals surface area contributed by atoms with E-state index in [0.717, 1.165) is 34.6 Å². The zero-order chi connectivity index (χ0) is 13.8. The van der Waals surface area contributed by atoms with E-state index in [-0.39, 0.29) is 0 Å². The molecule has 5 heteroatoms. The number of benzene rings is 1. The smallest absolute Gasteiger partial charge is 0.133 e. The maximum atomic E-state index is 11.3. The minimum absolute atomic E-state index is 0.291. The summed E-state index contributed by atoms with van der Waals surface area (Å²) in [5, 5.41) is 3.62. The summed E-state index contributed by atoms with van der Waals surface area (Å²) in [7, 11) is 1.08. The van der Waals surface area contributed by atoms with Crippen LogP contribution in [0.1, 0.15) is 31.4 Å². The van der Waals surface area contributed by atoms with E-state index >= 15 is 0 Å². The van der Waals surface area contributed by atoms with Crippen LogP contribution in [0, 0.1) is 0 Å². The van der Waals surface area contributed by atoms with Gasteiger partial charge in [-0.2, -0.15) is 0 Å². The molecule has 19 heavy (non-hydrogen) atoms. The van der Waals surface area contributed by atoms with Crippen LogP contribution in [0.15, 0.2) is 22.7 Å². The van der Waals surface area contributed by atoms with Crippen LogP contribution in [0.4, 0.5) is 0 Å². The number of nitrogens with one attached hydrogen (secondary N) is 1. The second-order valence-corrected chi connectivity index (χ2v) is 7.46. The molecule has 0 aromatic heterocycles. The van der Waals surface area contributed by atoms with Crippen molar-refractivity contribution in [2.24, 2.45) is 0 Å². The standard InChI is InChI=1S/C14H20BrNO2S/c1-10(16-12-5-7-19(17)8-6-12)11-3-4-14(18-2)13(15)9-11/h3-4,9-10,12,16H,5-8H2,1-2H3. The van der Waals surface area contributed by atoms with Gasteiger partial charge in [0.1, 0.15) is 5.75 Å². The van der Waals surface area contributed by atoms with Crippen LogP contribution < -0.4 is 10.1 Å². The van der Waals surface area contributed by atoms with Crippen molar-refractivity contribution in [2.75, 3.05) is 18.6 Å². The van der Waals surface area contributed by atoms with Gasteiger partial charge < -0.3 is 10.1 Å². The minimum atomic E-state index is -0.592. The molecule has 1 atom stereocenters. The SMILES string of the molecule is COc1ccc(C(C)NC2CCS(=O)CC2)cc1Br. The first-order valence-corrected chi connectivity index (χ1v) is 8.82. The van der Waals surface area contributed by atoms with Crippen LogP contribution >= 0.6 is 15.9 Å². The number of hydrogen-bond acceptors (Lipinski definition) is 3. The molecule has 3 nitrogen and oxygen atoms in total. The molecular formula is C14H20BrNO2S. The van der Waals surface area contributed by atoms with Crippen molar-refractivity contribution in [3.8, 4) is 5.75 Å². The van der Waals surface area contributed by atoms with E-state index in [4.69, 9.17) is 4.74 Å². The average Bonchev–Trinajstić information content (AvgIpc) is 2.41. The Kier molecular flexibility index (Phi) is 5.42. The Bertz CT molecular complexity index is 457. The molecule has 1 heterocycles. The van der Waals surface area contributed by atoms with Crippen LogP contribution in [-0.2, 0) is 10.8 Å². The summed E-state index contributed by atoms with van der Waals surface area (Å²) < 4.78 is 17.6. The first-order valence-electron chi connectivity index (χ1n) is 6.54. The third kappa shape index (κ3) is 4.04. The zero-order valence-electron chi connectivity index (χ0n) is 11.3. The highest BCUT2D eigenvalue weighted by Crippen LogP contribution is 2.28. The number of ether oxygens (including phenoxy) is 1. The Morgan fingerprint density at radius 1 is 1.42 bits per heavy atom. The van der Waals surface area contributed by atoms with E-state index in [1.165, 1.54) is 5.56 Å². The number of halogens is 1. The summed E-state index contributed by atoms with van der Waals surface area (Å²) in [6.07, 6.45) is 2.02. The highest BCUT2D eigenvalue weighted by atomic mass is 79.9. The van der Waals surface area contributed by atoms with Gasteiger partial charge in [0, 0.05) is 34.4 Å². The summed E-state index contributed by atoms with van der Waals surface area (Å²) in [5.74, 6) is 2.51. The predicted molar refractivity (Wildman–Crippen MR) is 83.1 cm³/mol. The summed E-state index contributed by atoms with van der Waals surface area (Å²) in [5.41, 5.74) is 1.24. The first kappa shape index (κ1) is 15.0. The lowest BCUT2D eigenvalue weighted by molar-refractivity contribution is 0.409. The maximum Gasteiger partial charge on any atom is 0.133 e. The van der Waals surface area contributed by atoms with Crippen LogP contribution in [0.3, 0.4) is 0 Å². The van der Waals surface area contributed by atoms with E-state index in [1.807, 2.05) is 6.07 Å². The van der Waals surface area contributed by atoms with Gasteiger partial charge >= 0.3 is 0 Å². The largest absolute Gasteiger partial charge is 0.496 e. The fraction of sp³-hybridized carbons (Fsp3) is 0.571. The Morgan fingerprint density at radius 3 is 2.68 bits per heavy atom. The molecule has 1 unspecified atom stereocenters. The minimum Gasteiger partial charge on any atom is -0.496 e. The molecule has 0 amide bonds. The highest BCUT2D eigenvalue weighted by Gasteiger charge is 2.20. The van der Waals surface area contributed by atoms with E-state index in [2.05, 4.69) is 40.3 Å².